The highest BCUT2D eigenvalue weighted by molar-refractivity contribution is 7.93. The largest absolute Gasteiger partial charge is 0.516 e. The molecular weight excluding hydrogens is 551 g/mol. The molecule has 1 aliphatic carbocycles. The topological polar surface area (TPSA) is 88.5 Å². The molecule has 4 aromatic rings. The summed E-state index contributed by atoms with van der Waals surface area (Å²) in [5, 5.41) is 11.4. The monoisotopic (exact) mass is 570 g/mol. The lowest BCUT2D eigenvalue weighted by molar-refractivity contribution is -0.0429. The maximum atomic E-state index is 13.5. The summed E-state index contributed by atoms with van der Waals surface area (Å²) in [6.07, 6.45) is -0.0750. The minimum absolute atomic E-state index is 0.0571. The molecule has 2 N–H and O–H groups in total. The second kappa shape index (κ2) is 9.79. The van der Waals surface area contributed by atoms with Crippen molar-refractivity contribution in [3.05, 3.63) is 87.9 Å². The summed E-state index contributed by atoms with van der Waals surface area (Å²) < 4.78 is 95.6. The number of aliphatic hydroxyl groups is 1. The average molecular weight is 571 g/mol. The zero-order chi connectivity index (χ0) is 27.2. The lowest BCUT2D eigenvalue weighted by Gasteiger charge is -2.16. The molecule has 0 saturated heterocycles. The first-order chi connectivity index (χ1) is 17.9. The van der Waals surface area contributed by atoms with Crippen LogP contribution < -0.4 is 9.46 Å². The number of aromatic nitrogens is 1. The molecule has 0 spiro atoms. The molecule has 5 rings (SSSR count). The molecule has 38 heavy (non-hydrogen) atoms. The van der Waals surface area contributed by atoms with Gasteiger partial charge in [0.15, 0.2) is 11.6 Å². The van der Waals surface area contributed by atoms with Crippen LogP contribution in [0.3, 0.4) is 0 Å². The lowest BCUT2D eigenvalue weighted by Crippen LogP contribution is -2.29. The molecule has 1 heterocycles. The second-order valence-corrected chi connectivity index (χ2v) is 11.6. The second-order valence-electron chi connectivity index (χ2n) is 8.86. The number of rotatable bonds is 7. The van der Waals surface area contributed by atoms with Crippen molar-refractivity contribution in [2.24, 2.45) is 5.92 Å². The Morgan fingerprint density at radius 3 is 2.61 bits per heavy atom. The van der Waals surface area contributed by atoms with Gasteiger partial charge in [-0.1, -0.05) is 18.2 Å². The van der Waals surface area contributed by atoms with E-state index in [1.54, 1.807) is 18.2 Å². The van der Waals surface area contributed by atoms with Crippen molar-refractivity contribution in [3.63, 3.8) is 0 Å². The number of ether oxygens (including phenoxy) is 1. The van der Waals surface area contributed by atoms with Crippen molar-refractivity contribution in [1.29, 1.82) is 0 Å². The fraction of sp³-hybridized carbons (Fsp3) is 0.240. The highest BCUT2D eigenvalue weighted by atomic mass is 32.2. The van der Waals surface area contributed by atoms with Crippen molar-refractivity contribution in [1.82, 2.24) is 4.98 Å². The van der Waals surface area contributed by atoms with E-state index in [2.05, 4.69) is 4.98 Å². The Labute approximate surface area is 217 Å². The number of thiazole rings is 1. The van der Waals surface area contributed by atoms with Gasteiger partial charge in [-0.2, -0.15) is 21.6 Å². The summed E-state index contributed by atoms with van der Waals surface area (Å²) >= 11 is 1.18. The predicted molar refractivity (Wildman–Crippen MR) is 131 cm³/mol. The maximum Gasteiger partial charge on any atom is 0.516 e. The third-order valence-corrected chi connectivity index (χ3v) is 8.29. The molecular formula is C25H19F5N2O4S2. The van der Waals surface area contributed by atoms with E-state index in [4.69, 9.17) is 4.74 Å². The molecule has 0 radical (unpaired) electrons. The number of nitrogens with one attached hydrogen (secondary N) is 1. The third-order valence-electron chi connectivity index (χ3n) is 6.18. The molecule has 13 heteroatoms. The molecule has 0 aliphatic heterocycles. The van der Waals surface area contributed by atoms with Gasteiger partial charge in [0.2, 0.25) is 0 Å². The van der Waals surface area contributed by atoms with Crippen LogP contribution in [0.2, 0.25) is 0 Å². The quantitative estimate of drug-likeness (QED) is 0.272. The summed E-state index contributed by atoms with van der Waals surface area (Å²) in [7, 11) is -5.54. The van der Waals surface area contributed by atoms with E-state index in [0.717, 1.165) is 17.7 Å². The fourth-order valence-electron chi connectivity index (χ4n) is 4.41. The minimum Gasteiger partial charge on any atom is -0.486 e. The van der Waals surface area contributed by atoms with Crippen LogP contribution in [0.4, 0.5) is 27.6 Å². The van der Waals surface area contributed by atoms with Crippen LogP contribution >= 0.6 is 11.3 Å². The zero-order valence-electron chi connectivity index (χ0n) is 19.3. The van der Waals surface area contributed by atoms with Gasteiger partial charge >= 0.3 is 15.5 Å². The first-order valence-electron chi connectivity index (χ1n) is 11.3. The normalized spacial score (nSPS) is 17.5. The molecule has 0 unspecified atom stereocenters. The predicted octanol–water partition coefficient (Wildman–Crippen LogP) is 5.86. The molecule has 6 nitrogen and oxygen atoms in total. The van der Waals surface area contributed by atoms with Crippen LogP contribution in [0.1, 0.15) is 27.8 Å². The summed E-state index contributed by atoms with van der Waals surface area (Å²) in [6.45, 7) is 0.0571. The van der Waals surface area contributed by atoms with E-state index >= 15 is 0 Å². The Kier molecular flexibility index (Phi) is 6.78. The number of sulfonamides is 1. The van der Waals surface area contributed by atoms with Crippen molar-refractivity contribution < 1.29 is 40.2 Å². The van der Waals surface area contributed by atoms with E-state index in [1.165, 1.54) is 34.3 Å². The Morgan fingerprint density at radius 2 is 1.84 bits per heavy atom. The van der Waals surface area contributed by atoms with Gasteiger partial charge in [-0.05, 0) is 65.8 Å². The van der Waals surface area contributed by atoms with Gasteiger partial charge in [0.1, 0.15) is 17.4 Å². The van der Waals surface area contributed by atoms with Gasteiger partial charge in [0.25, 0.3) is 0 Å². The van der Waals surface area contributed by atoms with Crippen molar-refractivity contribution in [2.75, 3.05) is 4.72 Å². The molecule has 0 saturated carbocycles. The number of alkyl halides is 3. The van der Waals surface area contributed by atoms with E-state index in [1.807, 2.05) is 6.07 Å². The van der Waals surface area contributed by atoms with Crippen LogP contribution in [0.15, 0.2) is 54.6 Å². The van der Waals surface area contributed by atoms with E-state index in [-0.39, 0.29) is 18.2 Å². The average Bonchev–Trinajstić information content (AvgIpc) is 3.37. The number of benzene rings is 3. The molecule has 2 atom stereocenters. The zero-order valence-corrected chi connectivity index (χ0v) is 20.9. The first kappa shape index (κ1) is 26.3. The first-order valence-corrected chi connectivity index (χ1v) is 13.6. The molecule has 0 amide bonds. The number of aliphatic hydroxyl groups excluding tert-OH is 1. The molecule has 0 fully saturated rings. The van der Waals surface area contributed by atoms with Crippen LogP contribution in [-0.4, -0.2) is 24.0 Å². The molecule has 3 aromatic carbocycles. The summed E-state index contributed by atoms with van der Waals surface area (Å²) in [5.74, 6) is -1.76. The number of anilines is 1. The lowest BCUT2D eigenvalue weighted by atomic mass is 9.94. The minimum atomic E-state index is -5.54. The van der Waals surface area contributed by atoms with Gasteiger partial charge in [-0.15, -0.1) is 11.3 Å². The van der Waals surface area contributed by atoms with Gasteiger partial charge < -0.3 is 9.84 Å². The smallest absolute Gasteiger partial charge is 0.486 e. The number of hydrogen-bond donors (Lipinski definition) is 2. The van der Waals surface area contributed by atoms with Crippen LogP contribution in [-0.2, 0) is 29.5 Å². The van der Waals surface area contributed by atoms with Crippen LogP contribution in [0.5, 0.6) is 5.75 Å². The Hall–Kier alpha value is -3.29. The van der Waals surface area contributed by atoms with Gasteiger partial charge in [-0.3, -0.25) is 4.72 Å². The summed E-state index contributed by atoms with van der Waals surface area (Å²) in [5.41, 5.74) is -3.24. The third kappa shape index (κ3) is 5.31. The fourth-order valence-corrected chi connectivity index (χ4v) is 5.85. The van der Waals surface area contributed by atoms with Crippen LogP contribution in [0.25, 0.3) is 10.2 Å². The number of fused-ring (bicyclic) bond motifs is 2. The van der Waals surface area contributed by atoms with Crippen molar-refractivity contribution in [2.45, 2.75) is 31.1 Å². The molecule has 200 valence electrons. The molecule has 0 bridgehead atoms. The standard InChI is InChI=1S/C25H19F5N2O4S2/c26-19-10-21-22(11-20(19)27)37-23(31-21)12-36-17-5-4-14-8-15(24(33)18(14)9-17)6-13-2-1-3-16(7-13)32-38(34,35)25(28,29)30/h1-5,7,9-11,15,24,32-33H,6,8,12H2/t15-,24-/m0/s1. The Balaban J connectivity index is 1.25. The number of hydrogen-bond acceptors (Lipinski definition) is 6. The van der Waals surface area contributed by atoms with Crippen molar-refractivity contribution in [3.8, 4) is 5.75 Å². The summed E-state index contributed by atoms with van der Waals surface area (Å²) in [6, 6.07) is 13.0. The van der Waals surface area contributed by atoms with Gasteiger partial charge in [0.05, 0.1) is 16.3 Å². The van der Waals surface area contributed by atoms with Gasteiger partial charge in [0, 0.05) is 11.8 Å². The number of nitrogens with zero attached hydrogens (tertiary/aromatic N) is 1. The molecule has 1 aromatic heterocycles. The van der Waals surface area contributed by atoms with E-state index in [9.17, 15) is 35.5 Å². The number of halogens is 5. The van der Waals surface area contributed by atoms with Crippen molar-refractivity contribution >= 4 is 37.3 Å². The van der Waals surface area contributed by atoms with Crippen LogP contribution in [0, 0.1) is 17.6 Å². The van der Waals surface area contributed by atoms with E-state index in [0.29, 0.717) is 44.9 Å². The molecule has 1 aliphatic rings. The highest BCUT2D eigenvalue weighted by Gasteiger charge is 2.46. The van der Waals surface area contributed by atoms with Gasteiger partial charge in [-0.25, -0.2) is 13.8 Å². The highest BCUT2D eigenvalue weighted by Crippen LogP contribution is 2.40. The maximum absolute atomic E-state index is 13.5. The van der Waals surface area contributed by atoms with E-state index < -0.39 is 33.3 Å². The Morgan fingerprint density at radius 1 is 1.08 bits per heavy atom. The SMILES string of the molecule is O=S(=O)(Nc1cccc(C[C@H]2Cc3ccc(OCc4nc5cc(F)c(F)cc5s4)cc3[C@H]2O)c1)C(F)(F)F. The Bertz CT molecular complexity index is 1580. The summed E-state index contributed by atoms with van der Waals surface area (Å²) in [4.78, 5) is 4.25.